The zero-order valence-electron chi connectivity index (χ0n) is 16.6. The fourth-order valence-corrected chi connectivity index (χ4v) is 4.67. The van der Waals surface area contributed by atoms with Gasteiger partial charge in [0.2, 0.25) is 5.82 Å². The highest BCUT2D eigenvalue weighted by atomic mass is 15.2. The Balaban J connectivity index is 1.67. The third-order valence-electron chi connectivity index (χ3n) is 6.93. The van der Waals surface area contributed by atoms with Crippen molar-refractivity contribution in [3.05, 3.63) is 12.2 Å². The van der Waals surface area contributed by atoms with Crippen LogP contribution in [-0.4, -0.2) is 25.6 Å². The molecule has 0 bridgehead atoms. The van der Waals surface area contributed by atoms with Crippen molar-refractivity contribution in [3.8, 4) is 6.07 Å². The van der Waals surface area contributed by atoms with E-state index in [1.807, 2.05) is 6.33 Å². The van der Waals surface area contributed by atoms with E-state index >= 15 is 0 Å². The normalized spacial score (nSPS) is 25.6. The summed E-state index contributed by atoms with van der Waals surface area (Å²) < 4.78 is 2.24. The van der Waals surface area contributed by atoms with Crippen LogP contribution in [0, 0.1) is 29.1 Å². The zero-order valence-corrected chi connectivity index (χ0v) is 16.6. The maximum Gasteiger partial charge on any atom is 0.236 e. The number of anilines is 1. The van der Waals surface area contributed by atoms with Gasteiger partial charge in [0.05, 0.1) is 6.33 Å². The smallest absolute Gasteiger partial charge is 0.236 e. The molecule has 2 aromatic heterocycles. The van der Waals surface area contributed by atoms with Crippen LogP contribution in [0.4, 0.5) is 5.82 Å². The molecule has 2 aliphatic rings. The summed E-state index contributed by atoms with van der Waals surface area (Å²) in [6, 6.07) is 2.79. The van der Waals surface area contributed by atoms with E-state index in [2.05, 4.69) is 51.7 Å². The molecular formula is C21H30N6. The van der Waals surface area contributed by atoms with Crippen LogP contribution in [0.15, 0.2) is 6.33 Å². The molecule has 0 aliphatic heterocycles. The molecule has 6 nitrogen and oxygen atoms in total. The summed E-state index contributed by atoms with van der Waals surface area (Å²) in [5.41, 5.74) is 1.58. The molecule has 2 atom stereocenters. The second kappa shape index (κ2) is 7.46. The minimum Gasteiger partial charge on any atom is -0.365 e. The number of aromatic nitrogens is 4. The summed E-state index contributed by atoms with van der Waals surface area (Å²) in [6.45, 7) is 6.87. The lowest BCUT2D eigenvalue weighted by atomic mass is 9.79. The molecule has 0 saturated heterocycles. The van der Waals surface area contributed by atoms with E-state index in [1.165, 1.54) is 44.9 Å². The Morgan fingerprint density at radius 3 is 2.48 bits per heavy atom. The first-order valence-corrected chi connectivity index (χ1v) is 10.5. The van der Waals surface area contributed by atoms with E-state index in [0.717, 1.165) is 17.3 Å². The maximum atomic E-state index is 9.33. The highest BCUT2D eigenvalue weighted by Crippen LogP contribution is 2.38. The molecule has 0 radical (unpaired) electrons. The van der Waals surface area contributed by atoms with Crippen molar-refractivity contribution in [2.75, 3.05) is 5.32 Å². The third kappa shape index (κ3) is 3.52. The van der Waals surface area contributed by atoms with Gasteiger partial charge in [0.15, 0.2) is 11.5 Å². The molecule has 4 rings (SSSR count). The largest absolute Gasteiger partial charge is 0.365 e. The first kappa shape index (κ1) is 18.2. The Labute approximate surface area is 161 Å². The van der Waals surface area contributed by atoms with Crippen LogP contribution in [0.2, 0.25) is 0 Å². The van der Waals surface area contributed by atoms with Gasteiger partial charge in [-0.3, -0.25) is 0 Å². The predicted octanol–water partition coefficient (Wildman–Crippen LogP) is 4.69. The van der Waals surface area contributed by atoms with Crippen molar-refractivity contribution in [2.24, 2.45) is 17.8 Å². The van der Waals surface area contributed by atoms with Crippen LogP contribution in [0.3, 0.4) is 0 Å². The molecule has 144 valence electrons. The van der Waals surface area contributed by atoms with Gasteiger partial charge in [-0.2, -0.15) is 15.2 Å². The minimum absolute atomic E-state index is 0.190. The summed E-state index contributed by atoms with van der Waals surface area (Å²) in [5.74, 6) is 3.15. The number of imidazole rings is 1. The first-order chi connectivity index (χ1) is 13.1. The molecule has 2 aliphatic carbocycles. The Morgan fingerprint density at radius 2 is 1.85 bits per heavy atom. The summed E-state index contributed by atoms with van der Waals surface area (Å²) in [6.07, 6.45) is 10.9. The fraction of sp³-hybridized carbons (Fsp3) is 0.714. The molecule has 1 N–H and O–H groups in total. The van der Waals surface area contributed by atoms with Gasteiger partial charge >= 0.3 is 0 Å². The first-order valence-electron chi connectivity index (χ1n) is 10.5. The van der Waals surface area contributed by atoms with Gasteiger partial charge in [0, 0.05) is 12.1 Å². The van der Waals surface area contributed by atoms with Gasteiger partial charge in [-0.15, -0.1) is 0 Å². The zero-order chi connectivity index (χ0) is 19.0. The van der Waals surface area contributed by atoms with Crippen LogP contribution in [0.1, 0.15) is 77.6 Å². The van der Waals surface area contributed by atoms with E-state index in [-0.39, 0.29) is 5.82 Å². The Hall–Kier alpha value is -2.16. The molecule has 2 aromatic rings. The predicted molar refractivity (Wildman–Crippen MR) is 106 cm³/mol. The lowest BCUT2D eigenvalue weighted by molar-refractivity contribution is 0.227. The number of hydrogen-bond donors (Lipinski definition) is 1. The van der Waals surface area contributed by atoms with Crippen molar-refractivity contribution < 1.29 is 0 Å². The Kier molecular flexibility index (Phi) is 5.03. The topological polar surface area (TPSA) is 79.4 Å². The molecule has 27 heavy (non-hydrogen) atoms. The van der Waals surface area contributed by atoms with E-state index in [0.29, 0.717) is 29.6 Å². The van der Waals surface area contributed by atoms with E-state index in [9.17, 15) is 5.26 Å². The number of nitrogens with one attached hydrogen (secondary N) is 1. The molecule has 1 unspecified atom stereocenters. The number of hydrogen-bond acceptors (Lipinski definition) is 5. The van der Waals surface area contributed by atoms with Crippen molar-refractivity contribution in [2.45, 2.75) is 77.8 Å². The minimum atomic E-state index is 0.190. The van der Waals surface area contributed by atoms with E-state index in [1.54, 1.807) is 0 Å². The summed E-state index contributed by atoms with van der Waals surface area (Å²) in [5, 5.41) is 12.9. The van der Waals surface area contributed by atoms with Crippen molar-refractivity contribution >= 4 is 17.0 Å². The van der Waals surface area contributed by atoms with Crippen LogP contribution < -0.4 is 5.32 Å². The number of nitriles is 1. The van der Waals surface area contributed by atoms with Gasteiger partial charge in [0.25, 0.3) is 0 Å². The van der Waals surface area contributed by atoms with Crippen molar-refractivity contribution in [1.82, 2.24) is 19.5 Å². The molecule has 2 fully saturated rings. The Morgan fingerprint density at radius 1 is 1.11 bits per heavy atom. The van der Waals surface area contributed by atoms with Gasteiger partial charge < -0.3 is 9.88 Å². The second-order valence-electron chi connectivity index (χ2n) is 8.72. The van der Waals surface area contributed by atoms with E-state index < -0.39 is 0 Å². The molecule has 2 saturated carbocycles. The van der Waals surface area contributed by atoms with Crippen LogP contribution in [-0.2, 0) is 0 Å². The summed E-state index contributed by atoms with van der Waals surface area (Å²) in [7, 11) is 0. The lowest BCUT2D eigenvalue weighted by Crippen LogP contribution is -2.31. The second-order valence-corrected chi connectivity index (χ2v) is 8.72. The van der Waals surface area contributed by atoms with Gasteiger partial charge in [-0.25, -0.2) is 4.98 Å². The van der Waals surface area contributed by atoms with Crippen LogP contribution >= 0.6 is 0 Å². The van der Waals surface area contributed by atoms with E-state index in [4.69, 9.17) is 0 Å². The Bertz CT molecular complexity index is 838. The standard InChI is InChI=1S/C21H30N6/c1-13-7-9-17(10-8-13)15(3)27-12-23-20-19(27)21(26-18(11-22)25-20)24-14(2)16-5-4-6-16/h12-17H,4-10H2,1-3H3,(H,24,25,26)/t13-,14-,15?,17-/m1/s1. The molecular weight excluding hydrogens is 336 g/mol. The van der Waals surface area contributed by atoms with Gasteiger partial charge in [0.1, 0.15) is 11.6 Å². The highest BCUT2D eigenvalue weighted by molar-refractivity contribution is 5.84. The van der Waals surface area contributed by atoms with Crippen LogP contribution in [0.25, 0.3) is 11.2 Å². The highest BCUT2D eigenvalue weighted by Gasteiger charge is 2.28. The average molecular weight is 367 g/mol. The maximum absolute atomic E-state index is 9.33. The lowest BCUT2D eigenvalue weighted by Gasteiger charge is -2.33. The number of nitrogens with zero attached hydrogens (tertiary/aromatic N) is 5. The monoisotopic (exact) mass is 366 g/mol. The van der Waals surface area contributed by atoms with Crippen LogP contribution in [0.5, 0.6) is 0 Å². The number of rotatable bonds is 5. The summed E-state index contributed by atoms with van der Waals surface area (Å²) >= 11 is 0. The quantitative estimate of drug-likeness (QED) is 0.830. The van der Waals surface area contributed by atoms with Gasteiger partial charge in [-0.1, -0.05) is 26.2 Å². The number of fused-ring (bicyclic) bond motifs is 1. The molecule has 0 spiro atoms. The van der Waals surface area contributed by atoms with Crippen molar-refractivity contribution in [1.29, 1.82) is 5.26 Å². The molecule has 2 heterocycles. The molecule has 6 heteroatoms. The van der Waals surface area contributed by atoms with Gasteiger partial charge in [-0.05, 0) is 57.3 Å². The van der Waals surface area contributed by atoms with Crippen molar-refractivity contribution in [3.63, 3.8) is 0 Å². The average Bonchev–Trinajstić information content (AvgIpc) is 3.04. The summed E-state index contributed by atoms with van der Waals surface area (Å²) in [4.78, 5) is 13.4. The third-order valence-corrected chi connectivity index (χ3v) is 6.93. The molecule has 0 aromatic carbocycles. The SMILES string of the molecule is CC([C@H]1CC[C@H](C)CC1)n1cnc2nc(C#N)nc(N[C@H](C)C3CCC3)c21. The molecule has 0 amide bonds. The fourth-order valence-electron chi connectivity index (χ4n) is 4.67.